The van der Waals surface area contributed by atoms with Crippen LogP contribution >= 0.6 is 0 Å². The summed E-state index contributed by atoms with van der Waals surface area (Å²) in [5.74, 6) is 0.960. The van der Waals surface area contributed by atoms with Crippen LogP contribution < -0.4 is 0 Å². The standard InChI is InChI=1S/C17H15N3/c1-3-20-16-8-7-13(11-18)10-15(16)19-17(20)14-6-4-5-12(2)9-14/h4-10H,3H2,1-2H3. The van der Waals surface area contributed by atoms with Gasteiger partial charge in [-0.1, -0.05) is 23.8 Å². The Hall–Kier alpha value is -2.60. The first-order valence-corrected chi connectivity index (χ1v) is 6.70. The van der Waals surface area contributed by atoms with Gasteiger partial charge in [-0.05, 0) is 38.1 Å². The maximum Gasteiger partial charge on any atom is 0.141 e. The van der Waals surface area contributed by atoms with Crippen LogP contribution in [0.3, 0.4) is 0 Å². The molecule has 0 aliphatic carbocycles. The zero-order valence-corrected chi connectivity index (χ0v) is 11.6. The molecule has 0 radical (unpaired) electrons. The van der Waals surface area contributed by atoms with Crippen molar-refractivity contribution < 1.29 is 0 Å². The first-order valence-electron chi connectivity index (χ1n) is 6.70. The fraction of sp³-hybridized carbons (Fsp3) is 0.176. The van der Waals surface area contributed by atoms with Gasteiger partial charge in [0.25, 0.3) is 0 Å². The number of aryl methyl sites for hydroxylation is 2. The molecule has 2 aromatic carbocycles. The molecule has 0 bridgehead atoms. The van der Waals surface area contributed by atoms with E-state index in [0.717, 1.165) is 29.0 Å². The second kappa shape index (κ2) is 4.82. The lowest BCUT2D eigenvalue weighted by molar-refractivity contribution is 0.796. The molecule has 0 amide bonds. The Balaban J connectivity index is 2.28. The fourth-order valence-electron chi connectivity index (χ4n) is 2.52. The monoisotopic (exact) mass is 261 g/mol. The molecule has 3 rings (SSSR count). The number of hydrogen-bond acceptors (Lipinski definition) is 2. The first-order chi connectivity index (χ1) is 9.72. The molecule has 0 unspecified atom stereocenters. The van der Waals surface area contributed by atoms with Crippen LogP contribution in [0.25, 0.3) is 22.4 Å². The van der Waals surface area contributed by atoms with Crippen molar-refractivity contribution in [3.8, 4) is 17.5 Å². The van der Waals surface area contributed by atoms with Crippen molar-refractivity contribution in [1.82, 2.24) is 9.55 Å². The van der Waals surface area contributed by atoms with Gasteiger partial charge >= 0.3 is 0 Å². The van der Waals surface area contributed by atoms with Gasteiger partial charge in [0.1, 0.15) is 5.82 Å². The number of benzene rings is 2. The maximum absolute atomic E-state index is 9.00. The number of rotatable bonds is 2. The summed E-state index contributed by atoms with van der Waals surface area (Å²) < 4.78 is 2.19. The van der Waals surface area contributed by atoms with E-state index in [9.17, 15) is 0 Å². The van der Waals surface area contributed by atoms with Crippen molar-refractivity contribution in [3.05, 3.63) is 53.6 Å². The largest absolute Gasteiger partial charge is 0.324 e. The minimum Gasteiger partial charge on any atom is -0.324 e. The molecule has 0 N–H and O–H groups in total. The Morgan fingerprint density at radius 3 is 2.75 bits per heavy atom. The van der Waals surface area contributed by atoms with E-state index in [1.165, 1.54) is 5.56 Å². The average Bonchev–Trinajstić information content (AvgIpc) is 2.84. The van der Waals surface area contributed by atoms with E-state index in [1.807, 2.05) is 24.3 Å². The highest BCUT2D eigenvalue weighted by molar-refractivity contribution is 5.82. The van der Waals surface area contributed by atoms with Gasteiger partial charge in [-0.25, -0.2) is 4.98 Å². The van der Waals surface area contributed by atoms with Gasteiger partial charge < -0.3 is 4.57 Å². The summed E-state index contributed by atoms with van der Waals surface area (Å²) in [6.45, 7) is 5.04. The summed E-state index contributed by atoms with van der Waals surface area (Å²) >= 11 is 0. The normalized spacial score (nSPS) is 10.7. The minimum absolute atomic E-state index is 0.647. The molecule has 0 aliphatic heterocycles. The van der Waals surface area contributed by atoms with Crippen molar-refractivity contribution in [2.24, 2.45) is 0 Å². The number of hydrogen-bond donors (Lipinski definition) is 0. The van der Waals surface area contributed by atoms with Gasteiger partial charge in [0.15, 0.2) is 0 Å². The predicted molar refractivity (Wildman–Crippen MR) is 80.3 cm³/mol. The quantitative estimate of drug-likeness (QED) is 0.702. The van der Waals surface area contributed by atoms with Crippen LogP contribution in [0.15, 0.2) is 42.5 Å². The zero-order valence-electron chi connectivity index (χ0n) is 11.6. The highest BCUT2D eigenvalue weighted by Gasteiger charge is 2.11. The molecule has 0 fully saturated rings. The van der Waals surface area contributed by atoms with Crippen LogP contribution in [0, 0.1) is 18.3 Å². The Morgan fingerprint density at radius 2 is 2.05 bits per heavy atom. The topological polar surface area (TPSA) is 41.6 Å². The smallest absolute Gasteiger partial charge is 0.141 e. The molecule has 3 nitrogen and oxygen atoms in total. The second-order valence-corrected chi connectivity index (χ2v) is 4.86. The second-order valence-electron chi connectivity index (χ2n) is 4.86. The van der Waals surface area contributed by atoms with Gasteiger partial charge in [0, 0.05) is 12.1 Å². The summed E-state index contributed by atoms with van der Waals surface area (Å²) in [5, 5.41) is 9.00. The van der Waals surface area contributed by atoms with E-state index in [-0.39, 0.29) is 0 Å². The molecule has 3 heteroatoms. The van der Waals surface area contributed by atoms with E-state index in [1.54, 1.807) is 0 Å². The SMILES string of the molecule is CCn1c(-c2cccc(C)c2)nc2cc(C#N)ccc21. The first kappa shape index (κ1) is 12.4. The lowest BCUT2D eigenvalue weighted by Gasteiger charge is -2.06. The van der Waals surface area contributed by atoms with Gasteiger partial charge in [0.2, 0.25) is 0 Å². The van der Waals surface area contributed by atoms with Gasteiger partial charge in [-0.2, -0.15) is 5.26 Å². The van der Waals surface area contributed by atoms with Crippen LogP contribution in [-0.2, 0) is 6.54 Å². The predicted octanol–water partition coefficient (Wildman–Crippen LogP) is 3.90. The number of nitrogens with zero attached hydrogens (tertiary/aromatic N) is 3. The van der Waals surface area contributed by atoms with Gasteiger partial charge in [0.05, 0.1) is 22.7 Å². The third-order valence-corrected chi connectivity index (χ3v) is 3.47. The van der Waals surface area contributed by atoms with Crippen LogP contribution in [0.4, 0.5) is 0 Å². The molecular weight excluding hydrogens is 246 g/mol. The Kier molecular flexibility index (Phi) is 3.00. The average molecular weight is 261 g/mol. The lowest BCUT2D eigenvalue weighted by atomic mass is 10.1. The van der Waals surface area contributed by atoms with Crippen LogP contribution in [0.5, 0.6) is 0 Å². The number of nitriles is 1. The van der Waals surface area contributed by atoms with Gasteiger partial charge in [-0.3, -0.25) is 0 Å². The third kappa shape index (κ3) is 1.96. The fourth-order valence-corrected chi connectivity index (χ4v) is 2.52. The molecule has 0 aliphatic rings. The summed E-state index contributed by atoms with van der Waals surface area (Å²) in [6, 6.07) is 16.2. The van der Waals surface area contributed by atoms with E-state index >= 15 is 0 Å². The molecule has 0 saturated heterocycles. The van der Waals surface area contributed by atoms with Crippen LogP contribution in [-0.4, -0.2) is 9.55 Å². The molecule has 0 spiro atoms. The molecule has 0 saturated carbocycles. The van der Waals surface area contributed by atoms with E-state index in [0.29, 0.717) is 5.56 Å². The summed E-state index contributed by atoms with van der Waals surface area (Å²) in [7, 11) is 0. The van der Waals surface area contributed by atoms with E-state index in [4.69, 9.17) is 10.2 Å². The number of imidazole rings is 1. The zero-order chi connectivity index (χ0) is 14.1. The lowest BCUT2D eigenvalue weighted by Crippen LogP contribution is -1.97. The van der Waals surface area contributed by atoms with E-state index < -0.39 is 0 Å². The van der Waals surface area contributed by atoms with Crippen molar-refractivity contribution in [2.75, 3.05) is 0 Å². The van der Waals surface area contributed by atoms with Crippen molar-refractivity contribution in [1.29, 1.82) is 5.26 Å². The molecule has 0 atom stereocenters. The van der Waals surface area contributed by atoms with Gasteiger partial charge in [-0.15, -0.1) is 0 Å². The molecule has 20 heavy (non-hydrogen) atoms. The van der Waals surface area contributed by atoms with Crippen LogP contribution in [0.2, 0.25) is 0 Å². The Bertz CT molecular complexity index is 822. The van der Waals surface area contributed by atoms with E-state index in [2.05, 4.69) is 42.7 Å². The van der Waals surface area contributed by atoms with Crippen molar-refractivity contribution >= 4 is 11.0 Å². The molecule has 1 heterocycles. The Labute approximate surface area is 118 Å². The van der Waals surface area contributed by atoms with Crippen LogP contribution in [0.1, 0.15) is 18.1 Å². The third-order valence-electron chi connectivity index (χ3n) is 3.47. The number of aromatic nitrogens is 2. The Morgan fingerprint density at radius 1 is 1.20 bits per heavy atom. The molecule has 3 aromatic rings. The summed E-state index contributed by atoms with van der Waals surface area (Å²) in [4.78, 5) is 4.72. The number of fused-ring (bicyclic) bond motifs is 1. The highest BCUT2D eigenvalue weighted by Crippen LogP contribution is 2.26. The van der Waals surface area contributed by atoms with Crippen molar-refractivity contribution in [3.63, 3.8) is 0 Å². The maximum atomic E-state index is 9.00. The molecule has 1 aromatic heterocycles. The minimum atomic E-state index is 0.647. The summed E-state index contributed by atoms with van der Waals surface area (Å²) in [5.41, 5.74) is 4.93. The highest BCUT2D eigenvalue weighted by atomic mass is 15.1. The summed E-state index contributed by atoms with van der Waals surface area (Å²) in [6.07, 6.45) is 0. The van der Waals surface area contributed by atoms with Crippen molar-refractivity contribution in [2.45, 2.75) is 20.4 Å². The molecule has 98 valence electrons. The molecular formula is C17H15N3.